The summed E-state index contributed by atoms with van der Waals surface area (Å²) < 4.78 is 0. The van der Waals surface area contributed by atoms with Crippen molar-refractivity contribution in [3.8, 4) is 0 Å². The van der Waals surface area contributed by atoms with E-state index in [1.165, 1.54) is 16.0 Å². The highest BCUT2D eigenvalue weighted by molar-refractivity contribution is 5.97. The van der Waals surface area contributed by atoms with E-state index in [2.05, 4.69) is 53.7 Å². The van der Waals surface area contributed by atoms with Crippen LogP contribution in [0.15, 0.2) is 29.3 Å². The van der Waals surface area contributed by atoms with E-state index >= 15 is 0 Å². The molecule has 6 nitrogen and oxygen atoms in total. The van der Waals surface area contributed by atoms with Crippen molar-refractivity contribution < 1.29 is 9.59 Å². The highest BCUT2D eigenvalue weighted by Crippen LogP contribution is 2.16. The average Bonchev–Trinajstić information content (AvgIpc) is 2.61. The Kier molecular flexibility index (Phi) is 7.63. The van der Waals surface area contributed by atoms with Gasteiger partial charge < -0.3 is 10.6 Å². The number of imide groups is 1. The molecule has 1 saturated heterocycles. The molecule has 1 heterocycles. The van der Waals surface area contributed by atoms with Crippen molar-refractivity contribution in [2.75, 3.05) is 26.2 Å². The molecule has 2 rings (SSSR count). The molecule has 6 heteroatoms. The fourth-order valence-corrected chi connectivity index (χ4v) is 2.99. The summed E-state index contributed by atoms with van der Waals surface area (Å²) >= 11 is 0. The van der Waals surface area contributed by atoms with Gasteiger partial charge in [0, 0.05) is 44.9 Å². The number of likely N-dealkylation sites (tertiary alicyclic amines) is 1. The number of benzene rings is 1. The number of nitrogens with one attached hydrogen (secondary N) is 2. The van der Waals surface area contributed by atoms with E-state index < -0.39 is 0 Å². The molecule has 2 amide bonds. The summed E-state index contributed by atoms with van der Waals surface area (Å²) in [6.07, 6.45) is 1.60. The minimum absolute atomic E-state index is 0.0712. The molecular formula is C20H30N4O2. The molecule has 1 fully saturated rings. The number of carbonyl (C=O) groups excluding carboxylic acids is 2. The maximum absolute atomic E-state index is 11.8. The van der Waals surface area contributed by atoms with Crippen LogP contribution in [0.1, 0.15) is 50.2 Å². The molecular weight excluding hydrogens is 328 g/mol. The van der Waals surface area contributed by atoms with E-state index in [4.69, 9.17) is 0 Å². The molecule has 26 heavy (non-hydrogen) atoms. The summed E-state index contributed by atoms with van der Waals surface area (Å²) in [5.74, 6) is 0.885. The first-order valence-electron chi connectivity index (χ1n) is 9.43. The van der Waals surface area contributed by atoms with Crippen molar-refractivity contribution in [2.24, 2.45) is 4.99 Å². The van der Waals surface area contributed by atoms with Crippen LogP contribution in [-0.2, 0) is 9.59 Å². The number of hydrogen-bond donors (Lipinski definition) is 2. The molecule has 0 radical (unpaired) electrons. The lowest BCUT2D eigenvalue weighted by Gasteiger charge is -2.25. The summed E-state index contributed by atoms with van der Waals surface area (Å²) in [6, 6.07) is 8.48. The summed E-state index contributed by atoms with van der Waals surface area (Å²) in [4.78, 5) is 29.7. The van der Waals surface area contributed by atoms with Crippen LogP contribution < -0.4 is 10.6 Å². The number of carbonyl (C=O) groups is 2. The predicted octanol–water partition coefficient (Wildman–Crippen LogP) is 2.19. The second-order valence-corrected chi connectivity index (χ2v) is 6.75. The van der Waals surface area contributed by atoms with Crippen LogP contribution in [0.5, 0.6) is 0 Å². The quantitative estimate of drug-likeness (QED) is 0.445. The minimum atomic E-state index is -0.0712. The third kappa shape index (κ3) is 5.86. The average molecular weight is 358 g/mol. The number of amides is 2. The molecule has 0 aliphatic carbocycles. The Morgan fingerprint density at radius 1 is 1.23 bits per heavy atom. The van der Waals surface area contributed by atoms with Crippen molar-refractivity contribution in [3.05, 3.63) is 35.4 Å². The van der Waals surface area contributed by atoms with Crippen molar-refractivity contribution in [1.29, 1.82) is 0 Å². The maximum Gasteiger partial charge on any atom is 0.229 e. The van der Waals surface area contributed by atoms with Gasteiger partial charge in [-0.15, -0.1) is 0 Å². The lowest BCUT2D eigenvalue weighted by atomic mass is 10.00. The van der Waals surface area contributed by atoms with Crippen LogP contribution >= 0.6 is 0 Å². The fourth-order valence-electron chi connectivity index (χ4n) is 2.99. The number of aryl methyl sites for hydroxylation is 1. The molecule has 1 aliphatic heterocycles. The first-order valence-corrected chi connectivity index (χ1v) is 9.43. The van der Waals surface area contributed by atoms with E-state index in [1.54, 1.807) is 0 Å². The molecule has 1 aromatic carbocycles. The predicted molar refractivity (Wildman–Crippen MR) is 104 cm³/mol. The number of aliphatic imine (C=N–C) groups is 1. The summed E-state index contributed by atoms with van der Waals surface area (Å²) in [7, 11) is 0. The SMILES string of the molecule is CCNC(=NCC(C)c1cccc(C)c1)NCCN1C(=O)CCCC1=O. The lowest BCUT2D eigenvalue weighted by molar-refractivity contribution is -0.147. The molecule has 0 bridgehead atoms. The van der Waals surface area contributed by atoms with Crippen LogP contribution in [0.4, 0.5) is 0 Å². The van der Waals surface area contributed by atoms with Gasteiger partial charge in [0.15, 0.2) is 5.96 Å². The van der Waals surface area contributed by atoms with E-state index in [-0.39, 0.29) is 11.8 Å². The monoisotopic (exact) mass is 358 g/mol. The first-order chi connectivity index (χ1) is 12.5. The third-order valence-corrected chi connectivity index (χ3v) is 4.49. The zero-order valence-electron chi connectivity index (χ0n) is 16.0. The van der Waals surface area contributed by atoms with Crippen molar-refractivity contribution >= 4 is 17.8 Å². The molecule has 0 aromatic heterocycles. The number of piperidine rings is 1. The standard InChI is InChI=1S/C20H30N4O2/c1-4-21-20(22-11-12-24-18(25)9-6-10-19(24)26)23-14-16(3)17-8-5-7-15(2)13-17/h5,7-8,13,16H,4,6,9-12,14H2,1-3H3,(H2,21,22,23). The third-order valence-electron chi connectivity index (χ3n) is 4.49. The van der Waals surface area contributed by atoms with Crippen molar-refractivity contribution in [1.82, 2.24) is 15.5 Å². The number of hydrogen-bond acceptors (Lipinski definition) is 3. The first kappa shape index (κ1) is 19.9. The molecule has 0 spiro atoms. The molecule has 142 valence electrons. The number of nitrogens with zero attached hydrogens (tertiary/aromatic N) is 2. The van der Waals surface area contributed by atoms with Gasteiger partial charge in [0.2, 0.25) is 11.8 Å². The number of rotatable bonds is 7. The molecule has 1 unspecified atom stereocenters. The Balaban J connectivity index is 1.87. The second-order valence-electron chi connectivity index (χ2n) is 6.75. The maximum atomic E-state index is 11.8. The fraction of sp³-hybridized carbons (Fsp3) is 0.550. The van der Waals surface area contributed by atoms with Gasteiger partial charge in [-0.1, -0.05) is 36.8 Å². The topological polar surface area (TPSA) is 73.8 Å². The van der Waals surface area contributed by atoms with Crippen LogP contribution in [0.2, 0.25) is 0 Å². The second kappa shape index (κ2) is 9.94. The molecule has 0 saturated carbocycles. The highest BCUT2D eigenvalue weighted by atomic mass is 16.2. The van der Waals surface area contributed by atoms with E-state index in [0.29, 0.717) is 50.8 Å². The Bertz CT molecular complexity index is 641. The highest BCUT2D eigenvalue weighted by Gasteiger charge is 2.25. The van der Waals surface area contributed by atoms with Crippen molar-refractivity contribution in [3.63, 3.8) is 0 Å². The minimum Gasteiger partial charge on any atom is -0.357 e. The molecule has 1 aromatic rings. The van der Waals surface area contributed by atoms with Crippen molar-refractivity contribution in [2.45, 2.75) is 46.0 Å². The largest absolute Gasteiger partial charge is 0.357 e. The Hall–Kier alpha value is -2.37. The Labute approximate surface area is 156 Å². The van der Waals surface area contributed by atoms with E-state index in [1.807, 2.05) is 6.92 Å². The summed E-state index contributed by atoms with van der Waals surface area (Å²) in [5, 5.41) is 6.43. The van der Waals surface area contributed by atoms with Crippen LogP contribution in [0.3, 0.4) is 0 Å². The van der Waals surface area contributed by atoms with Crippen LogP contribution in [0, 0.1) is 6.92 Å². The van der Waals surface area contributed by atoms with Gasteiger partial charge in [-0.05, 0) is 25.8 Å². The zero-order chi connectivity index (χ0) is 18.9. The lowest BCUT2D eigenvalue weighted by Crippen LogP contribution is -2.46. The normalized spacial score (nSPS) is 16.6. The van der Waals surface area contributed by atoms with Gasteiger partial charge in [-0.25, -0.2) is 0 Å². The zero-order valence-corrected chi connectivity index (χ0v) is 16.0. The van der Waals surface area contributed by atoms with E-state index in [9.17, 15) is 9.59 Å². The van der Waals surface area contributed by atoms with Gasteiger partial charge >= 0.3 is 0 Å². The molecule has 1 atom stereocenters. The van der Waals surface area contributed by atoms with Gasteiger partial charge in [0.1, 0.15) is 0 Å². The number of guanidine groups is 1. The summed E-state index contributed by atoms with van der Waals surface area (Å²) in [5.41, 5.74) is 2.52. The van der Waals surface area contributed by atoms with Crippen LogP contribution in [-0.4, -0.2) is 48.9 Å². The van der Waals surface area contributed by atoms with Gasteiger partial charge in [0.25, 0.3) is 0 Å². The van der Waals surface area contributed by atoms with Gasteiger partial charge in [-0.3, -0.25) is 19.5 Å². The molecule has 1 aliphatic rings. The smallest absolute Gasteiger partial charge is 0.229 e. The Morgan fingerprint density at radius 2 is 1.96 bits per heavy atom. The summed E-state index contributed by atoms with van der Waals surface area (Å²) in [6.45, 7) is 8.57. The molecule has 2 N–H and O–H groups in total. The van der Waals surface area contributed by atoms with Gasteiger partial charge in [-0.2, -0.15) is 0 Å². The Morgan fingerprint density at radius 3 is 2.62 bits per heavy atom. The van der Waals surface area contributed by atoms with E-state index in [0.717, 1.165) is 6.54 Å². The van der Waals surface area contributed by atoms with Crippen LogP contribution in [0.25, 0.3) is 0 Å². The van der Waals surface area contributed by atoms with Gasteiger partial charge in [0.05, 0.1) is 0 Å².